The van der Waals surface area contributed by atoms with E-state index in [0.717, 1.165) is 19.3 Å². The molecule has 2 N–H and O–H groups in total. The molecule has 2 saturated heterocycles. The highest BCUT2D eigenvalue weighted by molar-refractivity contribution is 7.98. The second-order valence-corrected chi connectivity index (χ2v) is 6.87. The Bertz CT molecular complexity index is 369. The third kappa shape index (κ3) is 4.28. The van der Waals surface area contributed by atoms with Gasteiger partial charge in [0.1, 0.15) is 5.60 Å². The molecule has 7 heteroatoms. The first-order valence-corrected chi connectivity index (χ1v) is 7.32. The molecule has 2 aliphatic rings. The van der Waals surface area contributed by atoms with Gasteiger partial charge in [0.2, 0.25) is 0 Å². The molecule has 0 spiro atoms. The molecule has 2 aliphatic heterocycles. The fourth-order valence-corrected chi connectivity index (χ4v) is 3.24. The number of carbonyl (C=O) groups excluding carboxylic acids is 2. The molecule has 6 nitrogen and oxygen atoms in total. The smallest absolute Gasteiger partial charge is 0.415 e. The van der Waals surface area contributed by atoms with Gasteiger partial charge in [-0.25, -0.2) is 14.9 Å². The summed E-state index contributed by atoms with van der Waals surface area (Å²) in [7, 11) is 0. The third-order valence-electron chi connectivity index (χ3n) is 2.97. The Balaban J connectivity index is 1.66. The van der Waals surface area contributed by atoms with Gasteiger partial charge in [0.05, 0.1) is 17.5 Å². The van der Waals surface area contributed by atoms with E-state index in [1.165, 1.54) is 11.9 Å². The molecule has 0 aromatic carbocycles. The summed E-state index contributed by atoms with van der Waals surface area (Å²) in [6.07, 6.45) is 2.97. The second kappa shape index (κ2) is 5.58. The normalized spacial score (nSPS) is 29.1. The topological polar surface area (TPSA) is 76.7 Å². The van der Waals surface area contributed by atoms with Crippen molar-refractivity contribution in [3.05, 3.63) is 0 Å². The maximum absolute atomic E-state index is 11.5. The number of nitrogens with one attached hydrogen (secondary N) is 2. The van der Waals surface area contributed by atoms with E-state index >= 15 is 0 Å². The SMILES string of the molecule is CC(C)(C)OC(=O)NC(=O)NSC1CC2CCC1O2. The molecule has 3 atom stereocenters. The Hall–Kier alpha value is -0.950. The van der Waals surface area contributed by atoms with Gasteiger partial charge >= 0.3 is 12.1 Å². The number of imide groups is 1. The summed E-state index contributed by atoms with van der Waals surface area (Å²) in [5.74, 6) is 0. The number of carbonyl (C=O) groups is 2. The van der Waals surface area contributed by atoms with Crippen LogP contribution in [0.3, 0.4) is 0 Å². The minimum atomic E-state index is -0.741. The first kappa shape index (κ1) is 14.5. The minimum Gasteiger partial charge on any atom is -0.443 e. The molecule has 2 bridgehead atoms. The Morgan fingerprint density at radius 2 is 2.05 bits per heavy atom. The first-order chi connectivity index (χ1) is 8.83. The summed E-state index contributed by atoms with van der Waals surface area (Å²) in [6, 6.07) is -0.554. The van der Waals surface area contributed by atoms with E-state index in [2.05, 4.69) is 10.0 Å². The molecular formula is C12H20N2O4S. The average Bonchev–Trinajstić information content (AvgIpc) is 2.84. The summed E-state index contributed by atoms with van der Waals surface area (Å²) in [5.41, 5.74) is -0.615. The van der Waals surface area contributed by atoms with Crippen LogP contribution in [0.4, 0.5) is 9.59 Å². The Morgan fingerprint density at radius 3 is 2.58 bits per heavy atom. The zero-order chi connectivity index (χ0) is 14.0. The molecule has 3 unspecified atom stereocenters. The molecule has 19 heavy (non-hydrogen) atoms. The van der Waals surface area contributed by atoms with Gasteiger partial charge in [0, 0.05) is 0 Å². The van der Waals surface area contributed by atoms with Crippen molar-refractivity contribution in [2.45, 2.75) is 63.1 Å². The Kier molecular flexibility index (Phi) is 4.25. The average molecular weight is 288 g/mol. The first-order valence-electron chi connectivity index (χ1n) is 6.44. The van der Waals surface area contributed by atoms with Gasteiger partial charge in [0.15, 0.2) is 0 Å². The van der Waals surface area contributed by atoms with Crippen LogP contribution in [0.1, 0.15) is 40.0 Å². The van der Waals surface area contributed by atoms with Crippen LogP contribution >= 0.6 is 11.9 Å². The van der Waals surface area contributed by atoms with Gasteiger partial charge in [-0.05, 0) is 52.0 Å². The molecule has 0 aliphatic carbocycles. The Labute approximate surface area is 117 Å². The maximum Gasteiger partial charge on any atom is 0.415 e. The molecule has 3 amide bonds. The molecule has 108 valence electrons. The molecule has 2 heterocycles. The molecule has 0 aromatic rings. The van der Waals surface area contributed by atoms with Crippen molar-refractivity contribution in [1.29, 1.82) is 0 Å². The van der Waals surface area contributed by atoms with Crippen molar-refractivity contribution in [3.8, 4) is 0 Å². The van der Waals surface area contributed by atoms with Crippen molar-refractivity contribution >= 4 is 24.1 Å². The van der Waals surface area contributed by atoms with E-state index in [4.69, 9.17) is 9.47 Å². The lowest BCUT2D eigenvalue weighted by Crippen LogP contribution is -2.41. The molecule has 0 radical (unpaired) electrons. The second-order valence-electron chi connectivity index (χ2n) is 5.82. The van der Waals surface area contributed by atoms with Crippen LogP contribution in [-0.2, 0) is 9.47 Å². The lowest BCUT2D eigenvalue weighted by atomic mass is 10.0. The van der Waals surface area contributed by atoms with E-state index in [9.17, 15) is 9.59 Å². The fourth-order valence-electron chi connectivity index (χ4n) is 2.27. The zero-order valence-electron chi connectivity index (χ0n) is 11.4. The molecular weight excluding hydrogens is 268 g/mol. The zero-order valence-corrected chi connectivity index (χ0v) is 12.2. The van der Waals surface area contributed by atoms with Crippen LogP contribution in [0.15, 0.2) is 0 Å². The van der Waals surface area contributed by atoms with Crippen molar-refractivity contribution in [2.24, 2.45) is 0 Å². The van der Waals surface area contributed by atoms with Gasteiger partial charge in [-0.3, -0.25) is 4.72 Å². The van der Waals surface area contributed by atoms with E-state index in [-0.39, 0.29) is 11.4 Å². The number of urea groups is 1. The monoisotopic (exact) mass is 288 g/mol. The van der Waals surface area contributed by atoms with Gasteiger partial charge in [0.25, 0.3) is 0 Å². The fraction of sp³-hybridized carbons (Fsp3) is 0.833. The highest BCUT2D eigenvalue weighted by Gasteiger charge is 2.41. The summed E-state index contributed by atoms with van der Waals surface area (Å²) in [6.45, 7) is 5.23. The van der Waals surface area contributed by atoms with Gasteiger partial charge in [-0.2, -0.15) is 0 Å². The Morgan fingerprint density at radius 1 is 1.32 bits per heavy atom. The number of alkyl carbamates (subject to hydrolysis) is 1. The van der Waals surface area contributed by atoms with Crippen LogP contribution in [0, 0.1) is 0 Å². The van der Waals surface area contributed by atoms with Crippen LogP contribution in [0.25, 0.3) is 0 Å². The highest BCUT2D eigenvalue weighted by atomic mass is 32.2. The summed E-state index contributed by atoms with van der Waals surface area (Å²) < 4.78 is 13.3. The van der Waals surface area contributed by atoms with E-state index in [1.807, 2.05) is 0 Å². The van der Waals surface area contributed by atoms with E-state index < -0.39 is 17.7 Å². The van der Waals surface area contributed by atoms with E-state index in [1.54, 1.807) is 20.8 Å². The number of rotatable bonds is 2. The summed E-state index contributed by atoms with van der Waals surface area (Å²) in [5, 5.41) is 2.41. The van der Waals surface area contributed by atoms with Crippen molar-refractivity contribution in [1.82, 2.24) is 10.0 Å². The van der Waals surface area contributed by atoms with Crippen LogP contribution in [0.2, 0.25) is 0 Å². The number of hydrogen-bond donors (Lipinski definition) is 2. The van der Waals surface area contributed by atoms with Crippen LogP contribution < -0.4 is 10.0 Å². The molecule has 2 rings (SSSR count). The highest BCUT2D eigenvalue weighted by Crippen LogP contribution is 2.39. The van der Waals surface area contributed by atoms with Gasteiger partial charge < -0.3 is 9.47 Å². The number of fused-ring (bicyclic) bond motifs is 2. The van der Waals surface area contributed by atoms with Gasteiger partial charge in [-0.15, -0.1) is 0 Å². The number of ether oxygens (including phenoxy) is 2. The van der Waals surface area contributed by atoms with Gasteiger partial charge in [-0.1, -0.05) is 0 Å². The minimum absolute atomic E-state index is 0.233. The van der Waals surface area contributed by atoms with Crippen LogP contribution in [0.5, 0.6) is 0 Å². The van der Waals surface area contributed by atoms with Crippen LogP contribution in [-0.4, -0.2) is 35.2 Å². The predicted octanol–water partition coefficient (Wildman–Crippen LogP) is 2.19. The molecule has 0 aromatic heterocycles. The standard InChI is InChI=1S/C12H20N2O4S/c1-12(2,3)18-11(16)13-10(15)14-19-9-6-7-4-5-8(9)17-7/h7-9H,4-6H2,1-3H3,(H2,13,14,15,16). The van der Waals surface area contributed by atoms with E-state index in [0.29, 0.717) is 6.10 Å². The number of hydrogen-bond acceptors (Lipinski definition) is 5. The molecule has 2 fully saturated rings. The van der Waals surface area contributed by atoms with Crippen molar-refractivity contribution < 1.29 is 19.1 Å². The quantitative estimate of drug-likeness (QED) is 0.762. The summed E-state index contributed by atoms with van der Waals surface area (Å²) in [4.78, 5) is 22.9. The lowest BCUT2D eigenvalue weighted by Gasteiger charge is -2.20. The largest absolute Gasteiger partial charge is 0.443 e. The van der Waals surface area contributed by atoms with Crippen molar-refractivity contribution in [3.63, 3.8) is 0 Å². The maximum atomic E-state index is 11.5. The lowest BCUT2D eigenvalue weighted by molar-refractivity contribution is 0.0549. The number of amides is 3. The van der Waals surface area contributed by atoms with Crippen molar-refractivity contribution in [2.75, 3.05) is 0 Å². The molecule has 0 saturated carbocycles. The predicted molar refractivity (Wildman–Crippen MR) is 71.8 cm³/mol. The summed E-state index contributed by atoms with van der Waals surface area (Å²) >= 11 is 1.32. The third-order valence-corrected chi connectivity index (χ3v) is 4.07.